The number of thioether (sulfide) groups is 1. The average molecular weight is 1150 g/mol. The van der Waals surface area contributed by atoms with Crippen LogP contribution in [0.15, 0.2) is 35.3 Å². The largest absolute Gasteiger partial charge is 0.481 e. The van der Waals surface area contributed by atoms with Crippen molar-refractivity contribution in [3.8, 4) is 0 Å². The van der Waals surface area contributed by atoms with E-state index in [2.05, 4.69) is 47.5 Å². The number of amides is 10. The molecule has 0 bridgehead atoms. The third-order valence-electron chi connectivity index (χ3n) is 12.5. The predicted octanol–water partition coefficient (Wildman–Crippen LogP) is -3.20. The number of nitrogens with zero attached hydrogens (tertiary/aromatic N) is 2. The van der Waals surface area contributed by atoms with Crippen LogP contribution in [0.25, 0.3) is 0 Å². The molecule has 1 aromatic carbocycles. The maximum atomic E-state index is 14.0. The summed E-state index contributed by atoms with van der Waals surface area (Å²) in [6, 6.07) is -3.05. The molecule has 0 saturated carbocycles. The highest BCUT2D eigenvalue weighted by atomic mass is 32.2. The van der Waals surface area contributed by atoms with Gasteiger partial charge in [-0.25, -0.2) is 4.79 Å². The van der Waals surface area contributed by atoms with Crippen molar-refractivity contribution in [1.29, 1.82) is 0 Å². The molecular formula is C51H82N14O14S. The van der Waals surface area contributed by atoms with E-state index < -0.39 is 151 Å². The second-order valence-electron chi connectivity index (χ2n) is 20.3. The van der Waals surface area contributed by atoms with E-state index in [0.29, 0.717) is 12.2 Å². The number of benzene rings is 1. The van der Waals surface area contributed by atoms with E-state index in [4.69, 9.17) is 22.9 Å². The number of aliphatic imine (C=N–C) groups is 1. The van der Waals surface area contributed by atoms with Gasteiger partial charge < -0.3 is 80.6 Å². The number of primary amides is 1. The molecule has 29 heteroatoms. The van der Waals surface area contributed by atoms with Crippen LogP contribution < -0.4 is 65.5 Å². The Kier molecular flexibility index (Phi) is 30.1. The molecule has 10 amide bonds. The van der Waals surface area contributed by atoms with Gasteiger partial charge in [0.25, 0.3) is 0 Å². The van der Waals surface area contributed by atoms with E-state index in [-0.39, 0.29) is 75.8 Å². The minimum absolute atomic E-state index is 0.0206. The summed E-state index contributed by atoms with van der Waals surface area (Å²) in [5, 5.41) is 39.1. The second-order valence-corrected chi connectivity index (χ2v) is 21.3. The number of rotatable bonds is 36. The van der Waals surface area contributed by atoms with Gasteiger partial charge in [-0.1, -0.05) is 58.0 Å². The fraction of sp³-hybridized carbons (Fsp3) is 0.627. The first-order chi connectivity index (χ1) is 37.6. The number of hydrogen-bond acceptors (Lipinski definition) is 15. The molecule has 1 saturated heterocycles. The Morgan fingerprint density at radius 2 is 1.20 bits per heavy atom. The third-order valence-corrected chi connectivity index (χ3v) is 13.1. The van der Waals surface area contributed by atoms with Gasteiger partial charge in [0, 0.05) is 19.5 Å². The number of guanidine groups is 1. The molecule has 446 valence electrons. The first-order valence-electron chi connectivity index (χ1n) is 26.4. The summed E-state index contributed by atoms with van der Waals surface area (Å²) in [5.74, 6) is -11.4. The Balaban J connectivity index is 2.24. The van der Waals surface area contributed by atoms with Crippen LogP contribution >= 0.6 is 11.8 Å². The Bertz CT molecular complexity index is 2340. The standard InChI is InChI=1S/C51H82N14O14S/c1-27(2)22-35(63-46(74)33(16-17-41(68)69)59-48(76)37(25-39(53)66)62-42(70)29(5)58-43(71)31(52)24-30-12-8-7-9-13-30)44(72)57-26-40(67)65-20-11-15-38(65)49(77)60-32(14-10-19-56-51(54)55)45(73)64-36(23-28(3)4)47(75)61-34(50(78)79)18-21-80-6/h7-9,12-13,27-29,31-38H,10-11,14-26,52H2,1-6H3,(H2,53,66)(H,57,72)(H,58,71)(H,59,76)(H,60,77)(H,61,75)(H,62,70)(H,63,74)(H,64,73)(H,68,69)(H,78,79)(H4,54,55,56)/t29-,31-,32-,33-,34-,35-,36-,37-,38-/m0/s1. The van der Waals surface area contributed by atoms with Crippen molar-refractivity contribution in [2.45, 2.75) is 160 Å². The molecule has 1 aliphatic heterocycles. The fourth-order valence-electron chi connectivity index (χ4n) is 8.34. The Labute approximate surface area is 469 Å². The van der Waals surface area contributed by atoms with Crippen molar-refractivity contribution in [3.63, 3.8) is 0 Å². The van der Waals surface area contributed by atoms with Crippen molar-refractivity contribution < 1.29 is 67.7 Å². The molecule has 0 spiro atoms. The number of likely N-dealkylation sites (tertiary alicyclic amines) is 1. The van der Waals surface area contributed by atoms with Crippen LogP contribution in [0.1, 0.15) is 104 Å². The molecule has 2 rings (SSSR count). The molecule has 28 nitrogen and oxygen atoms in total. The van der Waals surface area contributed by atoms with Crippen molar-refractivity contribution >= 4 is 88.7 Å². The predicted molar refractivity (Wildman–Crippen MR) is 295 cm³/mol. The maximum absolute atomic E-state index is 14.0. The number of aliphatic carboxylic acids is 2. The molecule has 0 aliphatic carbocycles. The van der Waals surface area contributed by atoms with Crippen LogP contribution in [0.3, 0.4) is 0 Å². The van der Waals surface area contributed by atoms with E-state index in [1.54, 1.807) is 64.3 Å². The molecular weight excluding hydrogens is 1060 g/mol. The zero-order valence-corrected chi connectivity index (χ0v) is 47.1. The fourth-order valence-corrected chi connectivity index (χ4v) is 8.82. The molecule has 1 heterocycles. The van der Waals surface area contributed by atoms with Gasteiger partial charge in [-0.2, -0.15) is 11.8 Å². The van der Waals surface area contributed by atoms with Crippen LogP contribution in [-0.2, 0) is 64.0 Å². The number of carboxylic acid groups (broad SMARTS) is 2. The average Bonchev–Trinajstić information content (AvgIpc) is 3.89. The molecule has 1 aromatic rings. The van der Waals surface area contributed by atoms with Gasteiger partial charge in [-0.3, -0.25) is 57.7 Å². The van der Waals surface area contributed by atoms with Crippen LogP contribution in [0.2, 0.25) is 0 Å². The highest BCUT2D eigenvalue weighted by Crippen LogP contribution is 2.19. The number of hydrogen-bond donors (Lipinski definition) is 14. The highest BCUT2D eigenvalue weighted by molar-refractivity contribution is 7.98. The molecule has 9 atom stereocenters. The van der Waals surface area contributed by atoms with E-state index in [1.807, 2.05) is 0 Å². The number of carboxylic acids is 2. The molecule has 1 aliphatic rings. The minimum Gasteiger partial charge on any atom is -0.481 e. The summed E-state index contributed by atoms with van der Waals surface area (Å²) in [7, 11) is 0. The summed E-state index contributed by atoms with van der Waals surface area (Å²) in [6.07, 6.45) is 0.886. The van der Waals surface area contributed by atoms with Gasteiger partial charge in [0.2, 0.25) is 59.1 Å². The van der Waals surface area contributed by atoms with Gasteiger partial charge in [0.05, 0.1) is 19.0 Å². The van der Waals surface area contributed by atoms with Crippen molar-refractivity contribution in [2.24, 2.45) is 39.8 Å². The zero-order chi connectivity index (χ0) is 60.2. The summed E-state index contributed by atoms with van der Waals surface area (Å²) in [6.45, 7) is 7.84. The van der Waals surface area contributed by atoms with E-state index >= 15 is 0 Å². The highest BCUT2D eigenvalue weighted by Gasteiger charge is 2.38. The summed E-state index contributed by atoms with van der Waals surface area (Å²) >= 11 is 1.40. The van der Waals surface area contributed by atoms with Gasteiger partial charge >= 0.3 is 11.9 Å². The van der Waals surface area contributed by atoms with Crippen molar-refractivity contribution in [2.75, 3.05) is 31.6 Å². The number of carbonyl (C=O) groups is 12. The Morgan fingerprint density at radius 1 is 0.662 bits per heavy atom. The first-order valence-corrected chi connectivity index (χ1v) is 27.8. The lowest BCUT2D eigenvalue weighted by Crippen LogP contribution is -2.59. The van der Waals surface area contributed by atoms with Gasteiger partial charge in [-0.05, 0) is 94.1 Å². The molecule has 0 radical (unpaired) electrons. The van der Waals surface area contributed by atoms with Gasteiger partial charge in [0.1, 0.15) is 48.3 Å². The molecule has 18 N–H and O–H groups in total. The summed E-state index contributed by atoms with van der Waals surface area (Å²) in [4.78, 5) is 163. The number of nitrogens with two attached hydrogens (primary N) is 4. The van der Waals surface area contributed by atoms with Crippen LogP contribution in [0.4, 0.5) is 0 Å². The van der Waals surface area contributed by atoms with Crippen molar-refractivity contribution in [1.82, 2.24) is 47.4 Å². The minimum atomic E-state index is -1.72. The molecule has 0 aromatic heterocycles. The van der Waals surface area contributed by atoms with E-state index in [9.17, 15) is 67.7 Å². The lowest BCUT2D eigenvalue weighted by molar-refractivity contribution is -0.142. The Morgan fingerprint density at radius 3 is 1.75 bits per heavy atom. The van der Waals surface area contributed by atoms with Gasteiger partial charge in [0.15, 0.2) is 5.96 Å². The lowest BCUT2D eigenvalue weighted by atomic mass is 10.0. The molecule has 0 unspecified atom stereocenters. The van der Waals surface area contributed by atoms with Crippen LogP contribution in [0.5, 0.6) is 0 Å². The monoisotopic (exact) mass is 1150 g/mol. The van der Waals surface area contributed by atoms with E-state index in [0.717, 1.165) is 5.56 Å². The second kappa shape index (κ2) is 35.1. The number of carbonyl (C=O) groups excluding carboxylic acids is 10. The summed E-state index contributed by atoms with van der Waals surface area (Å²) < 4.78 is 0. The smallest absolute Gasteiger partial charge is 0.326 e. The van der Waals surface area contributed by atoms with Gasteiger partial charge in [-0.15, -0.1) is 0 Å². The molecule has 1 fully saturated rings. The quantitative estimate of drug-likeness (QED) is 0.0179. The third kappa shape index (κ3) is 25.5. The van der Waals surface area contributed by atoms with Crippen LogP contribution in [0, 0.1) is 11.8 Å². The van der Waals surface area contributed by atoms with E-state index in [1.165, 1.54) is 23.6 Å². The van der Waals surface area contributed by atoms with Crippen LogP contribution in [-0.4, -0.2) is 178 Å². The van der Waals surface area contributed by atoms with Crippen molar-refractivity contribution in [3.05, 3.63) is 35.9 Å². The maximum Gasteiger partial charge on any atom is 0.326 e. The lowest BCUT2D eigenvalue weighted by Gasteiger charge is -2.28. The first kappa shape index (κ1) is 68.5. The zero-order valence-electron chi connectivity index (χ0n) is 46.2. The number of nitrogens with one attached hydrogen (secondary N) is 8. The Hall–Kier alpha value is -7.56. The topological polar surface area (TPSA) is 461 Å². The normalized spacial score (nSPS) is 16.0. The summed E-state index contributed by atoms with van der Waals surface area (Å²) in [5.41, 5.74) is 23.1. The SMILES string of the molecule is CSCC[C@H](NC(=O)[C@H](CC(C)C)NC(=O)[C@H](CCCN=C(N)N)NC(=O)[C@@H]1CCCN1C(=O)CNC(=O)[C@H](CC(C)C)NC(=O)[C@H](CCC(=O)O)NC(=O)[C@H](CC(N)=O)NC(=O)[C@H](C)NC(=O)[C@@H](N)Cc1ccccc1)C(=O)O. The molecule has 80 heavy (non-hydrogen) atoms.